The number of urea groups is 1. The first kappa shape index (κ1) is 18.6. The predicted molar refractivity (Wildman–Crippen MR) is 104 cm³/mol. The van der Waals surface area contributed by atoms with E-state index in [1.807, 2.05) is 19.9 Å². The van der Waals surface area contributed by atoms with Crippen molar-refractivity contribution in [3.63, 3.8) is 0 Å². The van der Waals surface area contributed by atoms with Crippen LogP contribution in [-0.4, -0.2) is 34.4 Å². The molecule has 1 aliphatic heterocycles. The first-order valence-corrected chi connectivity index (χ1v) is 8.85. The van der Waals surface area contributed by atoms with Crippen LogP contribution in [0.1, 0.15) is 42.3 Å². The molecular weight excluding hydrogens is 342 g/mol. The van der Waals surface area contributed by atoms with Gasteiger partial charge in [0, 0.05) is 24.1 Å². The van der Waals surface area contributed by atoms with E-state index in [1.165, 1.54) is 12.6 Å². The molecule has 1 aromatic heterocycles. The Balaban J connectivity index is 2.02. The molecule has 1 aromatic carbocycles. The highest BCUT2D eigenvalue weighted by Crippen LogP contribution is 2.25. The second-order valence-electron chi connectivity index (χ2n) is 7.09. The van der Waals surface area contributed by atoms with Crippen LogP contribution in [-0.2, 0) is 9.59 Å². The lowest BCUT2D eigenvalue weighted by Gasteiger charge is -2.22. The SMILES string of the molecule is Cc1cc(C=C2C(=O)NC(=O)N(C)C2=O)c(C)n1-c1ccc(C(C)C)cc1. The highest BCUT2D eigenvalue weighted by atomic mass is 16.2. The van der Waals surface area contributed by atoms with E-state index >= 15 is 0 Å². The number of nitrogens with one attached hydrogen (secondary N) is 1. The number of aromatic nitrogens is 1. The average Bonchev–Trinajstić information content (AvgIpc) is 2.90. The number of aryl methyl sites for hydroxylation is 1. The Morgan fingerprint density at radius 1 is 1.04 bits per heavy atom. The van der Waals surface area contributed by atoms with Crippen LogP contribution in [0.15, 0.2) is 35.9 Å². The molecule has 6 nitrogen and oxygen atoms in total. The summed E-state index contributed by atoms with van der Waals surface area (Å²) < 4.78 is 2.08. The zero-order chi connectivity index (χ0) is 19.9. The van der Waals surface area contributed by atoms with Crippen molar-refractivity contribution in [3.05, 3.63) is 58.4 Å². The Bertz CT molecular complexity index is 965. The molecule has 3 rings (SSSR count). The minimum atomic E-state index is -0.710. The average molecular weight is 365 g/mol. The smallest absolute Gasteiger partial charge is 0.318 e. The Hall–Kier alpha value is -3.15. The fraction of sp³-hybridized carbons (Fsp3) is 0.286. The molecule has 2 aromatic rings. The lowest BCUT2D eigenvalue weighted by atomic mass is 10.0. The molecule has 1 fully saturated rings. The number of carbonyl (C=O) groups is 3. The number of rotatable bonds is 3. The van der Waals surface area contributed by atoms with Crippen molar-refractivity contribution in [1.82, 2.24) is 14.8 Å². The van der Waals surface area contributed by atoms with Gasteiger partial charge in [-0.2, -0.15) is 0 Å². The highest BCUT2D eigenvalue weighted by molar-refractivity contribution is 6.30. The van der Waals surface area contributed by atoms with E-state index in [0.717, 1.165) is 27.5 Å². The van der Waals surface area contributed by atoms with E-state index in [9.17, 15) is 14.4 Å². The number of nitrogens with zero attached hydrogens (tertiary/aromatic N) is 2. The van der Waals surface area contributed by atoms with Crippen LogP contribution in [0.25, 0.3) is 11.8 Å². The van der Waals surface area contributed by atoms with Gasteiger partial charge in [0.2, 0.25) is 0 Å². The summed E-state index contributed by atoms with van der Waals surface area (Å²) in [5.41, 5.74) is 4.91. The van der Waals surface area contributed by atoms with E-state index in [4.69, 9.17) is 0 Å². The van der Waals surface area contributed by atoms with Crippen molar-refractivity contribution < 1.29 is 14.4 Å². The summed E-state index contributed by atoms with van der Waals surface area (Å²) in [7, 11) is 1.34. The lowest BCUT2D eigenvalue weighted by Crippen LogP contribution is -2.52. The summed E-state index contributed by atoms with van der Waals surface area (Å²) in [5.74, 6) is -0.814. The molecule has 27 heavy (non-hydrogen) atoms. The van der Waals surface area contributed by atoms with Gasteiger partial charge in [0.05, 0.1) is 0 Å². The van der Waals surface area contributed by atoms with Gasteiger partial charge in [-0.15, -0.1) is 0 Å². The fourth-order valence-corrected chi connectivity index (χ4v) is 3.24. The third-order valence-electron chi connectivity index (χ3n) is 4.89. The first-order chi connectivity index (χ1) is 12.7. The molecule has 1 N–H and O–H groups in total. The largest absolute Gasteiger partial charge is 0.331 e. The van der Waals surface area contributed by atoms with Crippen molar-refractivity contribution in [2.45, 2.75) is 33.6 Å². The third kappa shape index (κ3) is 3.30. The van der Waals surface area contributed by atoms with Gasteiger partial charge in [0.25, 0.3) is 11.8 Å². The zero-order valence-electron chi connectivity index (χ0n) is 16.2. The van der Waals surface area contributed by atoms with E-state index in [1.54, 1.807) is 6.08 Å². The maximum Gasteiger partial charge on any atom is 0.331 e. The maximum absolute atomic E-state index is 12.3. The van der Waals surface area contributed by atoms with Gasteiger partial charge in [-0.3, -0.25) is 19.8 Å². The van der Waals surface area contributed by atoms with Gasteiger partial charge in [-0.05, 0) is 55.2 Å². The molecule has 1 aliphatic rings. The van der Waals surface area contributed by atoms with Crippen molar-refractivity contribution in [2.24, 2.45) is 0 Å². The minimum absolute atomic E-state index is 0.0486. The molecule has 0 aliphatic carbocycles. The van der Waals surface area contributed by atoms with E-state index < -0.39 is 17.8 Å². The van der Waals surface area contributed by atoms with Crippen LogP contribution in [0, 0.1) is 13.8 Å². The van der Waals surface area contributed by atoms with E-state index in [0.29, 0.717) is 5.92 Å². The summed E-state index contributed by atoms with van der Waals surface area (Å²) in [5, 5.41) is 2.17. The summed E-state index contributed by atoms with van der Waals surface area (Å²) >= 11 is 0. The summed E-state index contributed by atoms with van der Waals surface area (Å²) in [6.07, 6.45) is 1.54. The van der Waals surface area contributed by atoms with Gasteiger partial charge in [0.1, 0.15) is 5.57 Å². The number of amides is 4. The van der Waals surface area contributed by atoms with Gasteiger partial charge >= 0.3 is 6.03 Å². The molecule has 0 atom stereocenters. The molecule has 0 bridgehead atoms. The summed E-state index contributed by atoms with van der Waals surface area (Å²) in [4.78, 5) is 36.8. The third-order valence-corrected chi connectivity index (χ3v) is 4.89. The van der Waals surface area contributed by atoms with Crippen molar-refractivity contribution in [2.75, 3.05) is 7.05 Å². The quantitative estimate of drug-likeness (QED) is 0.670. The molecule has 0 unspecified atom stereocenters. The van der Waals surface area contributed by atoms with Crippen molar-refractivity contribution in [3.8, 4) is 5.69 Å². The molecule has 6 heteroatoms. The van der Waals surface area contributed by atoms with Crippen LogP contribution in [0.5, 0.6) is 0 Å². The molecule has 140 valence electrons. The number of carbonyl (C=O) groups excluding carboxylic acids is 3. The second-order valence-corrected chi connectivity index (χ2v) is 7.09. The van der Waals surface area contributed by atoms with Gasteiger partial charge in [0.15, 0.2) is 0 Å². The summed E-state index contributed by atoms with van der Waals surface area (Å²) in [6, 6.07) is 9.56. The van der Waals surface area contributed by atoms with Gasteiger partial charge in [-0.25, -0.2) is 4.79 Å². The zero-order valence-corrected chi connectivity index (χ0v) is 16.2. The lowest BCUT2D eigenvalue weighted by molar-refractivity contribution is -0.129. The van der Waals surface area contributed by atoms with Gasteiger partial charge < -0.3 is 4.57 Å². The number of benzene rings is 1. The Morgan fingerprint density at radius 3 is 2.26 bits per heavy atom. The maximum atomic E-state index is 12.3. The van der Waals surface area contributed by atoms with Crippen LogP contribution < -0.4 is 5.32 Å². The molecule has 0 radical (unpaired) electrons. The Kier molecular flexibility index (Phi) is 4.74. The second kappa shape index (κ2) is 6.87. The fourth-order valence-electron chi connectivity index (χ4n) is 3.24. The Labute approximate surface area is 158 Å². The molecule has 0 saturated carbocycles. The normalized spacial score (nSPS) is 16.4. The molecule has 4 amide bonds. The molecule has 1 saturated heterocycles. The predicted octanol–water partition coefficient (Wildman–Crippen LogP) is 3.31. The number of barbiturate groups is 1. The standard InChI is InChI=1S/C21H23N3O3/c1-12(2)15-6-8-17(9-7-15)24-13(3)10-16(14(24)4)11-18-19(25)22-21(27)23(5)20(18)26/h6-12H,1-5H3,(H,22,25,27). The monoisotopic (exact) mass is 365 g/mol. The summed E-state index contributed by atoms with van der Waals surface area (Å²) in [6.45, 7) is 8.22. The molecular formula is C21H23N3O3. The number of likely N-dealkylation sites (N-methyl/N-ethyl adjacent to an activating group) is 1. The van der Waals surface area contributed by atoms with Crippen LogP contribution in [0.2, 0.25) is 0 Å². The van der Waals surface area contributed by atoms with Crippen LogP contribution in [0.4, 0.5) is 4.79 Å². The highest BCUT2D eigenvalue weighted by Gasteiger charge is 2.33. The number of imide groups is 2. The Morgan fingerprint density at radius 2 is 1.67 bits per heavy atom. The van der Waals surface area contributed by atoms with E-state index in [-0.39, 0.29) is 5.57 Å². The number of hydrogen-bond donors (Lipinski definition) is 1. The minimum Gasteiger partial charge on any atom is -0.318 e. The van der Waals surface area contributed by atoms with E-state index in [2.05, 4.69) is 48.0 Å². The molecule has 0 spiro atoms. The number of hydrogen-bond acceptors (Lipinski definition) is 3. The van der Waals surface area contributed by atoms with Crippen LogP contribution >= 0.6 is 0 Å². The van der Waals surface area contributed by atoms with Gasteiger partial charge in [-0.1, -0.05) is 26.0 Å². The topological polar surface area (TPSA) is 71.4 Å². The first-order valence-electron chi connectivity index (χ1n) is 8.85. The van der Waals surface area contributed by atoms with Crippen LogP contribution in [0.3, 0.4) is 0 Å². The van der Waals surface area contributed by atoms with Crippen molar-refractivity contribution >= 4 is 23.9 Å². The van der Waals surface area contributed by atoms with Crippen molar-refractivity contribution in [1.29, 1.82) is 0 Å². The molecule has 2 heterocycles.